The van der Waals surface area contributed by atoms with Crippen molar-refractivity contribution in [2.24, 2.45) is 0 Å². The molecule has 1 amide bonds. The summed E-state index contributed by atoms with van der Waals surface area (Å²) < 4.78 is 28.6. The molecule has 36 heavy (non-hydrogen) atoms. The molecule has 2 aromatic carbocycles. The summed E-state index contributed by atoms with van der Waals surface area (Å²) in [4.78, 5) is 15.3. The van der Waals surface area contributed by atoms with Crippen molar-refractivity contribution in [3.8, 4) is 17.1 Å². The number of likely N-dealkylation sites (tertiary alicyclic amines) is 1. The highest BCUT2D eigenvalue weighted by molar-refractivity contribution is 7.99. The second-order valence-corrected chi connectivity index (χ2v) is 12.6. The van der Waals surface area contributed by atoms with Crippen LogP contribution in [0.25, 0.3) is 17.1 Å². The second kappa shape index (κ2) is 10.7. The van der Waals surface area contributed by atoms with Gasteiger partial charge in [-0.2, -0.15) is 0 Å². The molecule has 0 saturated carbocycles. The molecule has 8 nitrogen and oxygen atoms in total. The van der Waals surface area contributed by atoms with E-state index in [-0.39, 0.29) is 28.6 Å². The molecule has 2 heterocycles. The minimum Gasteiger partial charge on any atom is -0.337 e. The summed E-state index contributed by atoms with van der Waals surface area (Å²) in [5, 5.41) is 9.45. The summed E-state index contributed by atoms with van der Waals surface area (Å²) in [6.07, 6.45) is 3.19. The van der Waals surface area contributed by atoms with E-state index in [1.165, 1.54) is 30.2 Å². The number of hydrogen-bond donors (Lipinski definition) is 0. The fourth-order valence-electron chi connectivity index (χ4n) is 4.67. The molecule has 1 aliphatic heterocycles. The van der Waals surface area contributed by atoms with Gasteiger partial charge in [0.2, 0.25) is 15.9 Å². The van der Waals surface area contributed by atoms with Gasteiger partial charge in [0, 0.05) is 37.4 Å². The number of carbonyl (C=O) groups is 1. The zero-order valence-electron chi connectivity index (χ0n) is 21.4. The highest BCUT2D eigenvalue weighted by Crippen LogP contribution is 2.31. The second-order valence-electron chi connectivity index (χ2n) is 9.51. The number of thioether (sulfide) groups is 1. The minimum atomic E-state index is -3.61. The van der Waals surface area contributed by atoms with Crippen molar-refractivity contribution in [3.05, 3.63) is 54.1 Å². The predicted molar refractivity (Wildman–Crippen MR) is 143 cm³/mol. The molecule has 0 N–H and O–H groups in total. The lowest BCUT2D eigenvalue weighted by atomic mass is 9.98. The lowest BCUT2D eigenvalue weighted by molar-refractivity contribution is -0.134. The molecule has 1 saturated heterocycles. The van der Waals surface area contributed by atoms with Crippen molar-refractivity contribution >= 4 is 27.7 Å². The predicted octanol–water partition coefficient (Wildman–Crippen LogP) is 4.37. The van der Waals surface area contributed by atoms with Gasteiger partial charge >= 0.3 is 0 Å². The first-order chi connectivity index (χ1) is 17.1. The maximum Gasteiger partial charge on any atom is 0.242 e. The highest BCUT2D eigenvalue weighted by Gasteiger charge is 2.29. The van der Waals surface area contributed by atoms with Crippen molar-refractivity contribution < 1.29 is 13.2 Å². The molecule has 0 spiro atoms. The quantitative estimate of drug-likeness (QED) is 0.424. The van der Waals surface area contributed by atoms with Crippen LogP contribution in [-0.4, -0.2) is 70.2 Å². The van der Waals surface area contributed by atoms with E-state index in [4.69, 9.17) is 0 Å². The Morgan fingerprint density at radius 3 is 2.42 bits per heavy atom. The van der Waals surface area contributed by atoms with Crippen molar-refractivity contribution in [1.82, 2.24) is 24.0 Å². The topological polar surface area (TPSA) is 88.4 Å². The van der Waals surface area contributed by atoms with Crippen LogP contribution in [0.4, 0.5) is 0 Å². The minimum absolute atomic E-state index is 0.0964. The maximum atomic E-state index is 13.2. The van der Waals surface area contributed by atoms with Gasteiger partial charge in [-0.25, -0.2) is 12.7 Å². The molecule has 0 bridgehead atoms. The Morgan fingerprint density at radius 2 is 1.75 bits per heavy atom. The van der Waals surface area contributed by atoms with Gasteiger partial charge in [0.1, 0.15) is 0 Å². The summed E-state index contributed by atoms with van der Waals surface area (Å²) in [7, 11) is -0.595. The number of amides is 1. The highest BCUT2D eigenvalue weighted by atomic mass is 32.2. The molecular weight excluding hydrogens is 494 g/mol. The number of piperidine rings is 1. The first-order valence-corrected chi connectivity index (χ1v) is 14.5. The average molecular weight is 528 g/mol. The molecule has 4 rings (SSSR count). The molecule has 0 radical (unpaired) electrons. The molecule has 192 valence electrons. The van der Waals surface area contributed by atoms with E-state index in [2.05, 4.69) is 24.0 Å². The van der Waals surface area contributed by atoms with Gasteiger partial charge < -0.3 is 4.90 Å². The van der Waals surface area contributed by atoms with E-state index in [0.29, 0.717) is 16.5 Å². The third-order valence-electron chi connectivity index (χ3n) is 6.57. The number of carbonyl (C=O) groups excluding carboxylic acids is 1. The summed E-state index contributed by atoms with van der Waals surface area (Å²) in [5.41, 5.74) is 2.55. The number of aryl methyl sites for hydroxylation is 1. The summed E-state index contributed by atoms with van der Waals surface area (Å²) in [5.74, 6) is 0.874. The van der Waals surface area contributed by atoms with Gasteiger partial charge in [-0.05, 0) is 69.9 Å². The summed E-state index contributed by atoms with van der Waals surface area (Å²) in [6.45, 7) is 6.23. The van der Waals surface area contributed by atoms with E-state index in [1.54, 1.807) is 18.2 Å². The largest absolute Gasteiger partial charge is 0.337 e. The van der Waals surface area contributed by atoms with E-state index in [9.17, 15) is 13.2 Å². The molecule has 3 aromatic rings. The van der Waals surface area contributed by atoms with Crippen LogP contribution in [0.15, 0.2) is 58.6 Å². The lowest BCUT2D eigenvalue weighted by Crippen LogP contribution is -2.48. The van der Waals surface area contributed by atoms with Crippen LogP contribution in [0.5, 0.6) is 0 Å². The zero-order chi connectivity index (χ0) is 26.0. The van der Waals surface area contributed by atoms with Gasteiger partial charge in [0.15, 0.2) is 11.0 Å². The molecule has 0 unspecified atom stereocenters. The van der Waals surface area contributed by atoms with Crippen LogP contribution < -0.4 is 0 Å². The van der Waals surface area contributed by atoms with Crippen LogP contribution in [0, 0.1) is 6.92 Å². The Bertz CT molecular complexity index is 1340. The van der Waals surface area contributed by atoms with E-state index < -0.39 is 10.0 Å². The monoisotopic (exact) mass is 527 g/mol. The maximum absolute atomic E-state index is 13.2. The normalized spacial score (nSPS) is 18.6. The van der Waals surface area contributed by atoms with E-state index in [1.807, 2.05) is 46.7 Å². The third kappa shape index (κ3) is 5.35. The summed E-state index contributed by atoms with van der Waals surface area (Å²) in [6, 6.07) is 15.1. The lowest BCUT2D eigenvalue weighted by Gasteiger charge is -2.39. The standard InChI is InChI=1S/C26H33N5O3S2/c1-18-9-6-13-22(15-18)31-25(21-12-8-14-23(16-21)36(33,34)29(4)5)27-28-26(31)35-17-24(32)30-19(2)10-7-11-20(30)3/h6,8-9,12-16,19-20H,7,10-11,17H2,1-5H3/t19-,20-/m0/s1. The Morgan fingerprint density at radius 1 is 1.06 bits per heavy atom. The number of benzene rings is 2. The third-order valence-corrected chi connectivity index (χ3v) is 9.30. The van der Waals surface area contributed by atoms with Gasteiger partial charge in [-0.3, -0.25) is 9.36 Å². The van der Waals surface area contributed by atoms with Crippen molar-refractivity contribution in [3.63, 3.8) is 0 Å². The SMILES string of the molecule is Cc1cccc(-n2c(SCC(=O)N3[C@@H](C)CCC[C@@H]3C)nnc2-c2cccc(S(=O)(=O)N(C)C)c2)c1. The van der Waals surface area contributed by atoms with E-state index in [0.717, 1.165) is 30.5 Å². The molecule has 1 aliphatic rings. The van der Waals surface area contributed by atoms with Crippen LogP contribution in [0.1, 0.15) is 38.7 Å². The Kier molecular flexibility index (Phi) is 7.87. The summed E-state index contributed by atoms with van der Waals surface area (Å²) >= 11 is 1.36. The number of aromatic nitrogens is 3. The molecule has 1 aromatic heterocycles. The van der Waals surface area contributed by atoms with Crippen molar-refractivity contribution in [1.29, 1.82) is 0 Å². The van der Waals surface area contributed by atoms with Gasteiger partial charge in [0.25, 0.3) is 0 Å². The Balaban J connectivity index is 1.71. The smallest absolute Gasteiger partial charge is 0.242 e. The van der Waals surface area contributed by atoms with E-state index >= 15 is 0 Å². The number of nitrogens with zero attached hydrogens (tertiary/aromatic N) is 5. The molecular formula is C26H33N5O3S2. The number of sulfonamides is 1. The Hall–Kier alpha value is -2.69. The van der Waals surface area contributed by atoms with Gasteiger partial charge in [-0.1, -0.05) is 36.0 Å². The van der Waals surface area contributed by atoms with Crippen LogP contribution in [-0.2, 0) is 14.8 Å². The zero-order valence-corrected chi connectivity index (χ0v) is 23.0. The van der Waals surface area contributed by atoms with Crippen molar-refractivity contribution in [2.45, 2.75) is 62.2 Å². The van der Waals surface area contributed by atoms with Gasteiger partial charge in [0.05, 0.1) is 10.6 Å². The van der Waals surface area contributed by atoms with Gasteiger partial charge in [-0.15, -0.1) is 10.2 Å². The van der Waals surface area contributed by atoms with Crippen molar-refractivity contribution in [2.75, 3.05) is 19.8 Å². The fraction of sp³-hybridized carbons (Fsp3) is 0.423. The van der Waals surface area contributed by atoms with Crippen LogP contribution >= 0.6 is 11.8 Å². The molecule has 10 heteroatoms. The molecule has 2 atom stereocenters. The number of hydrogen-bond acceptors (Lipinski definition) is 6. The first-order valence-electron chi connectivity index (χ1n) is 12.1. The fourth-order valence-corrected chi connectivity index (χ4v) is 6.44. The number of rotatable bonds is 7. The van der Waals surface area contributed by atoms with Crippen LogP contribution in [0.2, 0.25) is 0 Å². The average Bonchev–Trinajstić information content (AvgIpc) is 3.26. The first kappa shape index (κ1) is 26.4. The Labute approximate surface area is 217 Å². The van der Waals surface area contributed by atoms with Crippen LogP contribution in [0.3, 0.4) is 0 Å². The molecule has 0 aliphatic carbocycles. The molecule has 1 fully saturated rings.